The average Bonchev–Trinajstić information content (AvgIpc) is 2.91. The van der Waals surface area contributed by atoms with Gasteiger partial charge in [-0.15, -0.1) is 11.3 Å². The molecule has 1 atom stereocenters. The number of urea groups is 1. The van der Waals surface area contributed by atoms with E-state index < -0.39 is 18.0 Å². The number of rotatable bonds is 7. The van der Waals surface area contributed by atoms with Crippen LogP contribution in [0.1, 0.15) is 11.4 Å². The molecular formula is C14H17N3O3S2. The minimum Gasteiger partial charge on any atom is -0.457 e. The highest BCUT2D eigenvalue weighted by atomic mass is 32.2. The summed E-state index contributed by atoms with van der Waals surface area (Å²) in [6, 6.07) is 6.27. The molecule has 0 unspecified atom stereocenters. The van der Waals surface area contributed by atoms with E-state index in [-0.39, 0.29) is 6.61 Å². The molecule has 0 bridgehead atoms. The first kappa shape index (κ1) is 16.6. The number of thioether (sulfide) groups is 1. The molecule has 2 rings (SSSR count). The van der Waals surface area contributed by atoms with Gasteiger partial charge in [0.25, 0.3) is 0 Å². The summed E-state index contributed by atoms with van der Waals surface area (Å²) in [6.45, 7) is 0.0917. The molecule has 0 aliphatic heterocycles. The van der Waals surface area contributed by atoms with Crippen LogP contribution in [0.15, 0.2) is 24.3 Å². The number of primary amides is 1. The molecule has 3 N–H and O–H groups in total. The third-order valence-corrected chi connectivity index (χ3v) is 4.54. The van der Waals surface area contributed by atoms with Crippen molar-refractivity contribution in [1.82, 2.24) is 10.3 Å². The van der Waals surface area contributed by atoms with E-state index in [1.54, 1.807) is 11.8 Å². The van der Waals surface area contributed by atoms with Crippen LogP contribution in [0.25, 0.3) is 10.2 Å². The quantitative estimate of drug-likeness (QED) is 0.754. The summed E-state index contributed by atoms with van der Waals surface area (Å²) in [4.78, 5) is 27.4. The van der Waals surface area contributed by atoms with Gasteiger partial charge in [-0.3, -0.25) is 0 Å². The topological polar surface area (TPSA) is 94.3 Å². The minimum absolute atomic E-state index is 0.0917. The standard InChI is InChI=1S/C14H17N3O3S2/c1-21-7-6-10(17-14(15)19)13(18)20-8-12-16-9-4-2-3-5-11(9)22-12/h2-5,10H,6-8H2,1H3,(H3,15,17,19)/t10-/m0/s1. The van der Waals surface area contributed by atoms with Gasteiger partial charge in [0.05, 0.1) is 10.2 Å². The number of benzene rings is 1. The largest absolute Gasteiger partial charge is 0.457 e. The fourth-order valence-electron chi connectivity index (χ4n) is 1.87. The molecular weight excluding hydrogens is 322 g/mol. The number of hydrogen-bond donors (Lipinski definition) is 2. The molecule has 118 valence electrons. The number of nitrogens with zero attached hydrogens (tertiary/aromatic N) is 1. The highest BCUT2D eigenvalue weighted by Gasteiger charge is 2.21. The van der Waals surface area contributed by atoms with Gasteiger partial charge in [-0.1, -0.05) is 12.1 Å². The number of nitrogens with two attached hydrogens (primary N) is 1. The molecule has 8 heteroatoms. The summed E-state index contributed by atoms with van der Waals surface area (Å²) in [6.07, 6.45) is 2.40. The van der Waals surface area contributed by atoms with Crippen molar-refractivity contribution < 1.29 is 14.3 Å². The van der Waals surface area contributed by atoms with Crippen LogP contribution in [-0.2, 0) is 16.1 Å². The van der Waals surface area contributed by atoms with Gasteiger partial charge in [0, 0.05) is 0 Å². The molecule has 0 spiro atoms. The first-order valence-electron chi connectivity index (χ1n) is 6.66. The lowest BCUT2D eigenvalue weighted by atomic mass is 10.2. The summed E-state index contributed by atoms with van der Waals surface area (Å²) >= 11 is 3.06. The van der Waals surface area contributed by atoms with Crippen molar-refractivity contribution in [2.75, 3.05) is 12.0 Å². The molecule has 0 aliphatic rings. The highest BCUT2D eigenvalue weighted by molar-refractivity contribution is 7.98. The Morgan fingerprint density at radius 1 is 1.45 bits per heavy atom. The number of aromatic nitrogens is 1. The van der Waals surface area contributed by atoms with Crippen LogP contribution in [0, 0.1) is 0 Å². The summed E-state index contributed by atoms with van der Waals surface area (Å²) in [7, 11) is 0. The van der Waals surface area contributed by atoms with Crippen LogP contribution < -0.4 is 11.1 Å². The average molecular weight is 339 g/mol. The fourth-order valence-corrected chi connectivity index (χ4v) is 3.22. The Hall–Kier alpha value is -1.80. The number of thiazole rings is 1. The van der Waals surface area contributed by atoms with E-state index in [0.717, 1.165) is 21.0 Å². The maximum atomic E-state index is 12.0. The number of esters is 1. The van der Waals surface area contributed by atoms with Crippen molar-refractivity contribution in [3.63, 3.8) is 0 Å². The summed E-state index contributed by atoms with van der Waals surface area (Å²) < 4.78 is 6.29. The molecule has 2 amide bonds. The van der Waals surface area contributed by atoms with Crippen molar-refractivity contribution in [1.29, 1.82) is 0 Å². The van der Waals surface area contributed by atoms with Crippen molar-refractivity contribution in [3.8, 4) is 0 Å². The first-order chi connectivity index (χ1) is 10.6. The molecule has 22 heavy (non-hydrogen) atoms. The molecule has 1 aromatic carbocycles. The van der Waals surface area contributed by atoms with Gasteiger partial charge in [-0.05, 0) is 30.6 Å². The zero-order valence-electron chi connectivity index (χ0n) is 12.1. The fraction of sp³-hybridized carbons (Fsp3) is 0.357. The number of hydrogen-bond acceptors (Lipinski definition) is 6. The molecule has 0 radical (unpaired) electrons. The zero-order chi connectivity index (χ0) is 15.9. The Labute approximate surface area is 136 Å². The van der Waals surface area contributed by atoms with Gasteiger partial charge in [-0.2, -0.15) is 11.8 Å². The maximum absolute atomic E-state index is 12.0. The highest BCUT2D eigenvalue weighted by Crippen LogP contribution is 2.22. The minimum atomic E-state index is -0.733. The van der Waals surface area contributed by atoms with E-state index in [9.17, 15) is 9.59 Å². The third kappa shape index (κ3) is 4.60. The second kappa shape index (κ2) is 8.00. The van der Waals surface area contributed by atoms with E-state index in [2.05, 4.69) is 10.3 Å². The Morgan fingerprint density at radius 2 is 2.23 bits per heavy atom. The summed E-state index contributed by atoms with van der Waals surface area (Å²) in [5.74, 6) is 0.230. The smallest absolute Gasteiger partial charge is 0.329 e. The normalized spacial score (nSPS) is 12.0. The Bertz CT molecular complexity index is 627. The number of ether oxygens (including phenoxy) is 1. The Balaban J connectivity index is 1.95. The summed E-state index contributed by atoms with van der Waals surface area (Å²) in [5, 5.41) is 3.13. The lowest BCUT2D eigenvalue weighted by molar-refractivity contribution is -0.147. The van der Waals surface area contributed by atoms with Gasteiger partial charge in [0.15, 0.2) is 0 Å². The van der Waals surface area contributed by atoms with Crippen LogP contribution in [0.5, 0.6) is 0 Å². The molecule has 6 nitrogen and oxygen atoms in total. The van der Waals surface area contributed by atoms with Gasteiger partial charge in [0.1, 0.15) is 17.7 Å². The predicted octanol–water partition coefficient (Wildman–Crippen LogP) is 2.13. The summed E-state index contributed by atoms with van der Waals surface area (Å²) in [5.41, 5.74) is 5.97. The Kier molecular flexibility index (Phi) is 6.02. The zero-order valence-corrected chi connectivity index (χ0v) is 13.7. The number of amides is 2. The van der Waals surface area contributed by atoms with Gasteiger partial charge in [0.2, 0.25) is 0 Å². The lowest BCUT2D eigenvalue weighted by Gasteiger charge is -2.15. The van der Waals surface area contributed by atoms with Crippen LogP contribution in [0.2, 0.25) is 0 Å². The van der Waals surface area contributed by atoms with Gasteiger partial charge in [-0.25, -0.2) is 14.6 Å². The van der Waals surface area contributed by atoms with E-state index in [1.807, 2.05) is 30.5 Å². The number of carbonyl (C=O) groups excluding carboxylic acids is 2. The maximum Gasteiger partial charge on any atom is 0.329 e. The second-order valence-electron chi connectivity index (χ2n) is 4.53. The first-order valence-corrected chi connectivity index (χ1v) is 8.87. The number of para-hydroxylation sites is 1. The molecule has 1 heterocycles. The van der Waals surface area contributed by atoms with Gasteiger partial charge >= 0.3 is 12.0 Å². The molecule has 2 aromatic rings. The molecule has 1 aromatic heterocycles. The molecule has 0 aliphatic carbocycles. The van der Waals surface area contributed by atoms with Crippen LogP contribution >= 0.6 is 23.1 Å². The van der Waals surface area contributed by atoms with Gasteiger partial charge < -0.3 is 15.8 Å². The molecule has 0 saturated heterocycles. The SMILES string of the molecule is CSCC[C@H](NC(N)=O)C(=O)OCc1nc2ccccc2s1. The number of carbonyl (C=O) groups is 2. The monoisotopic (exact) mass is 339 g/mol. The van der Waals surface area contributed by atoms with Crippen LogP contribution in [0.3, 0.4) is 0 Å². The van der Waals surface area contributed by atoms with E-state index >= 15 is 0 Å². The van der Waals surface area contributed by atoms with Crippen molar-refractivity contribution >= 4 is 45.3 Å². The third-order valence-electron chi connectivity index (χ3n) is 2.89. The molecule has 0 fully saturated rings. The number of fused-ring (bicyclic) bond motifs is 1. The second-order valence-corrected chi connectivity index (χ2v) is 6.63. The van der Waals surface area contributed by atoms with E-state index in [1.165, 1.54) is 11.3 Å². The van der Waals surface area contributed by atoms with Crippen molar-refractivity contribution in [2.45, 2.75) is 19.1 Å². The van der Waals surface area contributed by atoms with E-state index in [4.69, 9.17) is 10.5 Å². The van der Waals surface area contributed by atoms with E-state index in [0.29, 0.717) is 6.42 Å². The Morgan fingerprint density at radius 3 is 2.91 bits per heavy atom. The molecule has 0 saturated carbocycles. The van der Waals surface area contributed by atoms with Crippen LogP contribution in [0.4, 0.5) is 4.79 Å². The predicted molar refractivity (Wildman–Crippen MR) is 88.9 cm³/mol. The lowest BCUT2D eigenvalue weighted by Crippen LogP contribution is -2.44. The number of nitrogens with one attached hydrogen (secondary N) is 1. The van der Waals surface area contributed by atoms with Crippen molar-refractivity contribution in [2.24, 2.45) is 5.73 Å². The van der Waals surface area contributed by atoms with Crippen LogP contribution in [-0.4, -0.2) is 35.0 Å². The van der Waals surface area contributed by atoms with Crippen molar-refractivity contribution in [3.05, 3.63) is 29.3 Å².